The maximum atomic E-state index is 12.7. The number of H-pyrrole nitrogens is 1. The molecule has 1 saturated heterocycles. The zero-order valence-corrected chi connectivity index (χ0v) is 11.7. The van der Waals surface area contributed by atoms with Gasteiger partial charge < -0.3 is 14.1 Å². The molecule has 3 aromatic rings. The third-order valence-corrected chi connectivity index (χ3v) is 3.78. The number of aromatic amines is 1. The Kier molecular flexibility index (Phi) is 3.12. The highest BCUT2D eigenvalue weighted by molar-refractivity contribution is 5.97. The van der Waals surface area contributed by atoms with E-state index in [1.165, 1.54) is 0 Å². The van der Waals surface area contributed by atoms with Gasteiger partial charge in [-0.05, 0) is 30.3 Å². The fourth-order valence-electron chi connectivity index (χ4n) is 2.64. The summed E-state index contributed by atoms with van der Waals surface area (Å²) in [5, 5.41) is 10.6. The van der Waals surface area contributed by atoms with Crippen LogP contribution >= 0.6 is 0 Å². The van der Waals surface area contributed by atoms with Crippen LogP contribution in [-0.2, 0) is 4.74 Å². The number of nitrogens with one attached hydrogen (secondary N) is 1. The van der Waals surface area contributed by atoms with E-state index in [0.717, 1.165) is 11.3 Å². The Balaban J connectivity index is 1.56. The Morgan fingerprint density at radius 2 is 2.18 bits per heavy atom. The molecule has 4 rings (SSSR count). The summed E-state index contributed by atoms with van der Waals surface area (Å²) in [6.45, 7) is 1.53. The molecule has 22 heavy (non-hydrogen) atoms. The van der Waals surface area contributed by atoms with Crippen molar-refractivity contribution in [1.82, 2.24) is 20.3 Å². The molecule has 0 spiro atoms. The molecular formula is C15H14N4O3. The molecule has 1 atom stereocenters. The van der Waals surface area contributed by atoms with Crippen molar-refractivity contribution in [2.24, 2.45) is 0 Å². The molecule has 0 radical (unpaired) electrons. The Morgan fingerprint density at radius 1 is 1.27 bits per heavy atom. The van der Waals surface area contributed by atoms with E-state index < -0.39 is 0 Å². The number of nitrogens with zero attached hydrogens (tertiary/aromatic N) is 3. The van der Waals surface area contributed by atoms with Gasteiger partial charge in [-0.15, -0.1) is 0 Å². The number of hydrogen-bond acceptors (Lipinski definition) is 5. The van der Waals surface area contributed by atoms with Gasteiger partial charge in [0.1, 0.15) is 22.9 Å². The lowest BCUT2D eigenvalue weighted by molar-refractivity contribution is -0.0321. The molecule has 7 heteroatoms. The predicted molar refractivity (Wildman–Crippen MR) is 77.2 cm³/mol. The number of benzene rings is 1. The van der Waals surface area contributed by atoms with Crippen LogP contribution in [0.4, 0.5) is 0 Å². The highest BCUT2D eigenvalue weighted by Crippen LogP contribution is 2.24. The van der Waals surface area contributed by atoms with Crippen LogP contribution in [0.25, 0.3) is 11.0 Å². The molecule has 2 aromatic heterocycles. The minimum absolute atomic E-state index is 0.0373. The van der Waals surface area contributed by atoms with Crippen LogP contribution < -0.4 is 0 Å². The summed E-state index contributed by atoms with van der Waals surface area (Å²) in [7, 11) is 0. The molecule has 1 aliphatic heterocycles. The van der Waals surface area contributed by atoms with E-state index in [4.69, 9.17) is 9.15 Å². The van der Waals surface area contributed by atoms with Crippen LogP contribution in [0.5, 0.6) is 0 Å². The number of rotatable bonds is 2. The number of aromatic nitrogens is 3. The van der Waals surface area contributed by atoms with E-state index in [-0.39, 0.29) is 12.0 Å². The molecule has 1 aliphatic rings. The number of furan rings is 1. The van der Waals surface area contributed by atoms with Crippen molar-refractivity contribution in [3.63, 3.8) is 0 Å². The third-order valence-electron chi connectivity index (χ3n) is 3.78. The van der Waals surface area contributed by atoms with Crippen molar-refractivity contribution in [2.45, 2.75) is 6.10 Å². The standard InChI is InChI=1S/C15H14N4O3/c20-15(10-3-4-11-12(8-10)17-18-16-11)19-5-7-22-14(9-19)13-2-1-6-21-13/h1-4,6,8,14H,5,7,9H2,(H,16,17,18). The summed E-state index contributed by atoms with van der Waals surface area (Å²) in [4.78, 5) is 14.4. The molecule has 0 bridgehead atoms. The quantitative estimate of drug-likeness (QED) is 0.779. The average Bonchev–Trinajstić information content (AvgIpc) is 3.25. The van der Waals surface area contributed by atoms with E-state index in [9.17, 15) is 4.79 Å². The van der Waals surface area contributed by atoms with Gasteiger partial charge in [0.15, 0.2) is 0 Å². The number of fused-ring (bicyclic) bond motifs is 1. The van der Waals surface area contributed by atoms with Gasteiger partial charge in [-0.2, -0.15) is 15.4 Å². The van der Waals surface area contributed by atoms with Crippen molar-refractivity contribution in [2.75, 3.05) is 19.7 Å². The Hall–Kier alpha value is -2.67. The number of carbonyl (C=O) groups is 1. The van der Waals surface area contributed by atoms with Crippen LogP contribution in [0.2, 0.25) is 0 Å². The first kappa shape index (κ1) is 13.0. The zero-order valence-electron chi connectivity index (χ0n) is 11.7. The highest BCUT2D eigenvalue weighted by atomic mass is 16.5. The van der Waals surface area contributed by atoms with E-state index in [2.05, 4.69) is 15.4 Å². The highest BCUT2D eigenvalue weighted by Gasteiger charge is 2.27. The fraction of sp³-hybridized carbons (Fsp3) is 0.267. The number of ether oxygens (including phenoxy) is 1. The van der Waals surface area contributed by atoms with Crippen LogP contribution in [-0.4, -0.2) is 45.9 Å². The van der Waals surface area contributed by atoms with Gasteiger partial charge in [-0.3, -0.25) is 4.79 Å². The van der Waals surface area contributed by atoms with Gasteiger partial charge in [-0.1, -0.05) is 0 Å². The second-order valence-corrected chi connectivity index (χ2v) is 5.15. The van der Waals surface area contributed by atoms with Crippen molar-refractivity contribution >= 4 is 16.9 Å². The van der Waals surface area contributed by atoms with Crippen LogP contribution in [0.3, 0.4) is 0 Å². The SMILES string of the molecule is O=C(c1ccc2n[nH]nc2c1)N1CCOC(c2ccco2)C1. The summed E-state index contributed by atoms with van der Waals surface area (Å²) in [5.74, 6) is 0.703. The van der Waals surface area contributed by atoms with E-state index in [0.29, 0.717) is 30.8 Å². The van der Waals surface area contributed by atoms with Gasteiger partial charge in [-0.25, -0.2) is 0 Å². The molecule has 7 nitrogen and oxygen atoms in total. The minimum Gasteiger partial charge on any atom is -0.467 e. The molecule has 112 valence electrons. The van der Waals surface area contributed by atoms with Gasteiger partial charge in [0, 0.05) is 12.1 Å². The Labute approximate surface area is 125 Å². The summed E-state index contributed by atoms with van der Waals surface area (Å²) in [6, 6.07) is 8.98. The van der Waals surface area contributed by atoms with Gasteiger partial charge >= 0.3 is 0 Å². The molecule has 1 amide bonds. The van der Waals surface area contributed by atoms with E-state index in [1.54, 1.807) is 29.4 Å². The number of amides is 1. The Morgan fingerprint density at radius 3 is 3.05 bits per heavy atom. The molecule has 3 heterocycles. The van der Waals surface area contributed by atoms with Crippen LogP contribution in [0, 0.1) is 0 Å². The molecular weight excluding hydrogens is 284 g/mol. The first-order chi connectivity index (χ1) is 10.8. The summed E-state index contributed by atoms with van der Waals surface area (Å²) in [5.41, 5.74) is 2.02. The lowest BCUT2D eigenvalue weighted by Crippen LogP contribution is -2.42. The number of hydrogen-bond donors (Lipinski definition) is 1. The summed E-state index contributed by atoms with van der Waals surface area (Å²) >= 11 is 0. The minimum atomic E-state index is -0.219. The molecule has 1 unspecified atom stereocenters. The summed E-state index contributed by atoms with van der Waals surface area (Å²) in [6.07, 6.45) is 1.39. The number of morpholine rings is 1. The van der Waals surface area contributed by atoms with Gasteiger partial charge in [0.05, 0.1) is 19.4 Å². The topological polar surface area (TPSA) is 84.2 Å². The average molecular weight is 298 g/mol. The molecule has 1 fully saturated rings. The van der Waals surface area contributed by atoms with Crippen molar-refractivity contribution in [3.8, 4) is 0 Å². The third kappa shape index (κ3) is 2.25. The lowest BCUT2D eigenvalue weighted by Gasteiger charge is -2.32. The first-order valence-electron chi connectivity index (χ1n) is 7.06. The largest absolute Gasteiger partial charge is 0.467 e. The van der Waals surface area contributed by atoms with Crippen LogP contribution in [0.15, 0.2) is 41.0 Å². The fourth-order valence-corrected chi connectivity index (χ4v) is 2.64. The molecule has 1 N–H and O–H groups in total. The van der Waals surface area contributed by atoms with Gasteiger partial charge in [0.25, 0.3) is 5.91 Å². The maximum Gasteiger partial charge on any atom is 0.254 e. The maximum absolute atomic E-state index is 12.7. The van der Waals surface area contributed by atoms with Crippen molar-refractivity contribution < 1.29 is 13.9 Å². The monoisotopic (exact) mass is 298 g/mol. The smallest absolute Gasteiger partial charge is 0.254 e. The lowest BCUT2D eigenvalue weighted by atomic mass is 10.1. The first-order valence-corrected chi connectivity index (χ1v) is 7.06. The van der Waals surface area contributed by atoms with Crippen molar-refractivity contribution in [3.05, 3.63) is 47.9 Å². The summed E-state index contributed by atoms with van der Waals surface area (Å²) < 4.78 is 11.1. The van der Waals surface area contributed by atoms with Crippen LogP contribution in [0.1, 0.15) is 22.2 Å². The normalized spacial score (nSPS) is 18.7. The van der Waals surface area contributed by atoms with E-state index in [1.807, 2.05) is 12.1 Å². The second-order valence-electron chi connectivity index (χ2n) is 5.15. The van der Waals surface area contributed by atoms with E-state index >= 15 is 0 Å². The second kappa shape index (κ2) is 5.27. The zero-order chi connectivity index (χ0) is 14.9. The van der Waals surface area contributed by atoms with Crippen molar-refractivity contribution in [1.29, 1.82) is 0 Å². The predicted octanol–water partition coefficient (Wildman–Crippen LogP) is 1.76. The van der Waals surface area contributed by atoms with Gasteiger partial charge in [0.2, 0.25) is 0 Å². The molecule has 0 saturated carbocycles. The molecule has 0 aliphatic carbocycles. The Bertz CT molecular complexity index is 796. The number of carbonyl (C=O) groups excluding carboxylic acids is 1. The molecule has 1 aromatic carbocycles.